The summed E-state index contributed by atoms with van der Waals surface area (Å²) in [7, 11) is -3.10. The summed E-state index contributed by atoms with van der Waals surface area (Å²) in [5, 5.41) is 15.1. The van der Waals surface area contributed by atoms with E-state index in [9.17, 15) is 28.1 Å². The van der Waals surface area contributed by atoms with E-state index in [4.69, 9.17) is 16.3 Å². The highest BCUT2D eigenvalue weighted by Gasteiger charge is 2.35. The van der Waals surface area contributed by atoms with Crippen molar-refractivity contribution in [1.82, 2.24) is 10.2 Å². The number of nitro groups is 1. The lowest BCUT2D eigenvalue weighted by atomic mass is 10.0. The molecule has 4 rings (SSSR count). The zero-order valence-electron chi connectivity index (χ0n) is 27.7. The van der Waals surface area contributed by atoms with E-state index in [2.05, 4.69) is 5.32 Å². The van der Waals surface area contributed by atoms with Crippen LogP contribution in [-0.2, 0) is 32.6 Å². The monoisotopic (exact) mass is 706 g/mol. The predicted molar refractivity (Wildman–Crippen MR) is 189 cm³/mol. The molecule has 4 aromatic carbocycles. The van der Waals surface area contributed by atoms with Gasteiger partial charge in [-0.05, 0) is 66.4 Å². The maximum atomic E-state index is 14.6. The number of methoxy groups -OCH3 is 1. The van der Waals surface area contributed by atoms with Crippen LogP contribution in [0.1, 0.15) is 30.5 Å². The number of aryl methyl sites for hydroxylation is 1. The van der Waals surface area contributed by atoms with E-state index in [1.54, 1.807) is 36.4 Å². The summed E-state index contributed by atoms with van der Waals surface area (Å²) in [5.74, 6) is -0.499. The number of sulfonamides is 1. The molecule has 0 heterocycles. The van der Waals surface area contributed by atoms with Crippen LogP contribution in [0.3, 0.4) is 0 Å². The molecule has 0 bridgehead atoms. The lowest BCUT2D eigenvalue weighted by molar-refractivity contribution is -0.385. The second kappa shape index (κ2) is 16.4. The molecule has 0 aliphatic carbocycles. The topological polar surface area (TPSA) is 139 Å². The molecule has 0 fully saturated rings. The van der Waals surface area contributed by atoms with Crippen molar-refractivity contribution in [1.29, 1.82) is 0 Å². The predicted octanol–water partition coefficient (Wildman–Crippen LogP) is 6.17. The summed E-state index contributed by atoms with van der Waals surface area (Å²) >= 11 is 6.30. The highest BCUT2D eigenvalue weighted by atomic mass is 35.5. The van der Waals surface area contributed by atoms with Gasteiger partial charge in [-0.1, -0.05) is 74.0 Å². The van der Waals surface area contributed by atoms with Crippen molar-refractivity contribution in [2.45, 2.75) is 44.7 Å². The standard InChI is InChI=1S/C36H39ClN4O7S/c1-25(2)22-38-36(43)34(20-27-9-6-5-7-10-27)39(23-28-11-8-12-29(37)19-28)35(42)24-40(30-14-16-31(48-4)17-15-30)49(46,47)32-18-13-26(3)33(21-32)41(44)45/h5-19,21,25,34H,20,22-24H2,1-4H3,(H,38,43)/t34-/m0/s1. The second-order valence-corrected chi connectivity index (χ2v) is 14.2. The third kappa shape index (κ3) is 9.58. The van der Waals surface area contributed by atoms with Crippen LogP contribution in [-0.4, -0.2) is 56.3 Å². The van der Waals surface area contributed by atoms with Gasteiger partial charge in [0.05, 0.1) is 22.6 Å². The van der Waals surface area contributed by atoms with Gasteiger partial charge in [0.1, 0.15) is 18.3 Å². The van der Waals surface area contributed by atoms with Crippen LogP contribution in [0.15, 0.2) is 102 Å². The Hall–Kier alpha value is -4.94. The van der Waals surface area contributed by atoms with E-state index in [1.807, 2.05) is 44.2 Å². The highest BCUT2D eigenvalue weighted by Crippen LogP contribution is 2.30. The van der Waals surface area contributed by atoms with E-state index in [0.717, 1.165) is 15.9 Å². The second-order valence-electron chi connectivity index (χ2n) is 11.9. The quantitative estimate of drug-likeness (QED) is 0.115. The van der Waals surface area contributed by atoms with E-state index < -0.39 is 39.3 Å². The van der Waals surface area contributed by atoms with Gasteiger partial charge >= 0.3 is 0 Å². The molecule has 258 valence electrons. The summed E-state index contributed by atoms with van der Waals surface area (Å²) in [6, 6.07) is 24.7. The Morgan fingerprint density at radius 3 is 2.22 bits per heavy atom. The first kappa shape index (κ1) is 36.9. The van der Waals surface area contributed by atoms with Crippen molar-refractivity contribution in [2.75, 3.05) is 24.5 Å². The molecule has 2 amide bonds. The smallest absolute Gasteiger partial charge is 0.273 e. The van der Waals surface area contributed by atoms with Crippen LogP contribution >= 0.6 is 11.6 Å². The largest absolute Gasteiger partial charge is 0.497 e. The van der Waals surface area contributed by atoms with Crippen LogP contribution in [0.4, 0.5) is 11.4 Å². The zero-order valence-corrected chi connectivity index (χ0v) is 29.3. The summed E-state index contributed by atoms with van der Waals surface area (Å²) < 4.78 is 34.8. The minimum Gasteiger partial charge on any atom is -0.497 e. The summed E-state index contributed by atoms with van der Waals surface area (Å²) in [4.78, 5) is 40.6. The van der Waals surface area contributed by atoms with Crippen LogP contribution in [0.25, 0.3) is 0 Å². The maximum absolute atomic E-state index is 14.6. The molecule has 11 nitrogen and oxygen atoms in total. The summed E-state index contributed by atoms with van der Waals surface area (Å²) in [5.41, 5.74) is 1.43. The van der Waals surface area contributed by atoms with Gasteiger partial charge < -0.3 is 15.0 Å². The fraction of sp³-hybridized carbons (Fsp3) is 0.278. The average molecular weight is 707 g/mol. The van der Waals surface area contributed by atoms with Crippen LogP contribution in [0.5, 0.6) is 5.75 Å². The molecule has 0 unspecified atom stereocenters. The summed E-state index contributed by atoms with van der Waals surface area (Å²) in [6.07, 6.45) is 0.149. The molecular formula is C36H39ClN4O7S. The highest BCUT2D eigenvalue weighted by molar-refractivity contribution is 7.92. The van der Waals surface area contributed by atoms with Gasteiger partial charge in [0, 0.05) is 36.2 Å². The molecular weight excluding hydrogens is 668 g/mol. The van der Waals surface area contributed by atoms with Crippen LogP contribution in [0, 0.1) is 23.0 Å². The normalized spacial score (nSPS) is 11.9. The Morgan fingerprint density at radius 2 is 1.61 bits per heavy atom. The molecule has 0 radical (unpaired) electrons. The minimum absolute atomic E-state index is 0.0570. The number of nitrogens with one attached hydrogen (secondary N) is 1. The van der Waals surface area contributed by atoms with E-state index in [1.165, 1.54) is 43.2 Å². The third-order valence-electron chi connectivity index (χ3n) is 7.80. The number of ether oxygens (including phenoxy) is 1. The van der Waals surface area contributed by atoms with Gasteiger partial charge in [-0.25, -0.2) is 8.42 Å². The van der Waals surface area contributed by atoms with Crippen molar-refractivity contribution in [3.8, 4) is 5.75 Å². The number of carbonyl (C=O) groups excluding carboxylic acids is 2. The lowest BCUT2D eigenvalue weighted by Gasteiger charge is -2.34. The number of nitro benzene ring substituents is 1. The number of nitrogens with zero attached hydrogens (tertiary/aromatic N) is 3. The maximum Gasteiger partial charge on any atom is 0.273 e. The SMILES string of the molecule is COc1ccc(N(CC(=O)N(Cc2cccc(Cl)c2)[C@@H](Cc2ccccc2)C(=O)NCC(C)C)S(=O)(=O)c2ccc(C)c([N+](=O)[O-])c2)cc1. The molecule has 0 spiro atoms. The van der Waals surface area contributed by atoms with Gasteiger partial charge in [-0.2, -0.15) is 0 Å². The van der Waals surface area contributed by atoms with Crippen molar-refractivity contribution in [3.63, 3.8) is 0 Å². The molecule has 4 aromatic rings. The van der Waals surface area contributed by atoms with Crippen molar-refractivity contribution in [3.05, 3.63) is 129 Å². The number of halogens is 1. The van der Waals surface area contributed by atoms with E-state index in [-0.39, 0.29) is 40.7 Å². The molecule has 13 heteroatoms. The first-order valence-electron chi connectivity index (χ1n) is 15.6. The minimum atomic E-state index is -4.56. The number of rotatable bonds is 15. The van der Waals surface area contributed by atoms with Crippen molar-refractivity contribution >= 4 is 44.8 Å². The van der Waals surface area contributed by atoms with E-state index >= 15 is 0 Å². The first-order valence-corrected chi connectivity index (χ1v) is 17.4. The lowest BCUT2D eigenvalue weighted by Crippen LogP contribution is -2.53. The fourth-order valence-electron chi connectivity index (χ4n) is 5.16. The zero-order chi connectivity index (χ0) is 35.7. The molecule has 1 atom stereocenters. The van der Waals surface area contributed by atoms with Gasteiger partial charge in [-0.3, -0.25) is 24.0 Å². The van der Waals surface area contributed by atoms with Crippen molar-refractivity contribution < 1.29 is 27.7 Å². The molecule has 1 N–H and O–H groups in total. The number of amides is 2. The molecule has 0 aliphatic heterocycles. The fourth-order valence-corrected chi connectivity index (χ4v) is 6.81. The molecule has 49 heavy (non-hydrogen) atoms. The molecule has 0 saturated carbocycles. The van der Waals surface area contributed by atoms with Gasteiger partial charge in [-0.15, -0.1) is 0 Å². The van der Waals surface area contributed by atoms with Crippen molar-refractivity contribution in [2.24, 2.45) is 5.92 Å². The number of hydrogen-bond donors (Lipinski definition) is 1. The third-order valence-corrected chi connectivity index (χ3v) is 9.81. The molecule has 0 aliphatic rings. The average Bonchev–Trinajstić information content (AvgIpc) is 3.08. The van der Waals surface area contributed by atoms with E-state index in [0.29, 0.717) is 22.9 Å². The van der Waals surface area contributed by atoms with Crippen LogP contribution < -0.4 is 14.4 Å². The number of benzene rings is 4. The number of carbonyl (C=O) groups is 2. The Balaban J connectivity index is 1.84. The van der Waals surface area contributed by atoms with Gasteiger partial charge in [0.15, 0.2) is 0 Å². The van der Waals surface area contributed by atoms with Crippen LogP contribution in [0.2, 0.25) is 5.02 Å². The Labute approximate surface area is 291 Å². The number of anilines is 1. The Morgan fingerprint density at radius 1 is 0.939 bits per heavy atom. The molecule has 0 aromatic heterocycles. The summed E-state index contributed by atoms with van der Waals surface area (Å²) in [6.45, 7) is 4.99. The number of hydrogen-bond acceptors (Lipinski definition) is 7. The molecule has 0 saturated heterocycles. The first-order chi connectivity index (χ1) is 23.3. The van der Waals surface area contributed by atoms with Gasteiger partial charge in [0.2, 0.25) is 11.8 Å². The Bertz CT molecular complexity index is 1890. The Kier molecular flexibility index (Phi) is 12.4. The van der Waals surface area contributed by atoms with Gasteiger partial charge in [0.25, 0.3) is 15.7 Å².